The van der Waals surface area contributed by atoms with E-state index in [2.05, 4.69) is 15.0 Å². The number of hydrogen-bond donors (Lipinski definition) is 1. The number of fused-ring (bicyclic) bond motifs is 1. The maximum absolute atomic E-state index is 12.2. The molecule has 1 saturated carbocycles. The van der Waals surface area contributed by atoms with Crippen LogP contribution in [0.25, 0.3) is 11.2 Å². The fraction of sp³-hybridized carbons (Fsp3) is 0.650. The normalized spacial score (nSPS) is 17.5. The van der Waals surface area contributed by atoms with Gasteiger partial charge >= 0.3 is 0 Å². The number of carbonyl (C=O) groups is 2. The number of nitrogens with zero attached hydrogens (tertiary/aromatic N) is 4. The molecule has 0 aliphatic heterocycles. The number of imidazole rings is 1. The molecule has 0 aromatic carbocycles. The van der Waals surface area contributed by atoms with Crippen LogP contribution in [0.2, 0.25) is 0 Å². The summed E-state index contributed by atoms with van der Waals surface area (Å²) in [6.07, 6.45) is 13.6. The van der Waals surface area contributed by atoms with Gasteiger partial charge in [0.25, 0.3) is 0 Å². The molecule has 146 valence electrons. The van der Waals surface area contributed by atoms with Gasteiger partial charge in [-0.25, -0.2) is 15.0 Å². The standard InChI is InChI=1S/C20H29N5O2/c21-19-18-20(23-13-22-19)25(14-24-18)12-8-4-2-1-3-5-10-16(26)15-9-6-7-11-17(15)27/h13-15H,1-12H2,(H2,21,22,23). The first kappa shape index (κ1) is 19.5. The number of anilines is 1. The lowest BCUT2D eigenvalue weighted by molar-refractivity contribution is -0.134. The van der Waals surface area contributed by atoms with Crippen LogP contribution in [0.5, 0.6) is 0 Å². The van der Waals surface area contributed by atoms with Gasteiger partial charge in [0.15, 0.2) is 11.5 Å². The molecule has 0 radical (unpaired) electrons. The van der Waals surface area contributed by atoms with E-state index in [0.29, 0.717) is 24.2 Å². The Morgan fingerprint density at radius 1 is 1.07 bits per heavy atom. The number of ketones is 2. The minimum Gasteiger partial charge on any atom is -0.382 e. The molecule has 1 atom stereocenters. The Morgan fingerprint density at radius 3 is 2.67 bits per heavy atom. The van der Waals surface area contributed by atoms with Gasteiger partial charge in [0.05, 0.1) is 12.2 Å². The molecule has 0 spiro atoms. The number of carbonyl (C=O) groups excluding carboxylic acids is 2. The van der Waals surface area contributed by atoms with Gasteiger partial charge < -0.3 is 10.3 Å². The van der Waals surface area contributed by atoms with Crippen LogP contribution in [0.1, 0.15) is 70.6 Å². The van der Waals surface area contributed by atoms with Crippen LogP contribution in [0.4, 0.5) is 5.82 Å². The molecule has 0 amide bonds. The van der Waals surface area contributed by atoms with E-state index >= 15 is 0 Å². The van der Waals surface area contributed by atoms with Crippen molar-refractivity contribution in [2.24, 2.45) is 5.92 Å². The summed E-state index contributed by atoms with van der Waals surface area (Å²) in [6.45, 7) is 0.870. The van der Waals surface area contributed by atoms with Crippen LogP contribution in [0, 0.1) is 5.92 Å². The SMILES string of the molecule is Nc1ncnc2c1ncn2CCCCCCCCC(=O)C1CCCCC1=O. The maximum Gasteiger partial charge on any atom is 0.165 e. The second kappa shape index (κ2) is 9.58. The van der Waals surface area contributed by atoms with Gasteiger partial charge in [-0.2, -0.15) is 0 Å². The monoisotopic (exact) mass is 371 g/mol. The average molecular weight is 371 g/mol. The highest BCUT2D eigenvalue weighted by atomic mass is 16.1. The Kier molecular flexibility index (Phi) is 6.90. The van der Waals surface area contributed by atoms with Crippen molar-refractivity contribution < 1.29 is 9.59 Å². The predicted octanol–water partition coefficient (Wildman–Crippen LogP) is 3.47. The van der Waals surface area contributed by atoms with Gasteiger partial charge in [-0.3, -0.25) is 9.59 Å². The lowest BCUT2D eigenvalue weighted by Crippen LogP contribution is -2.27. The summed E-state index contributed by atoms with van der Waals surface area (Å²) in [5.74, 6) is 0.475. The predicted molar refractivity (Wildman–Crippen MR) is 104 cm³/mol. The lowest BCUT2D eigenvalue weighted by Gasteiger charge is -2.19. The third-order valence-corrected chi connectivity index (χ3v) is 5.45. The van der Waals surface area contributed by atoms with E-state index in [1.165, 1.54) is 6.33 Å². The number of aryl methyl sites for hydroxylation is 1. The zero-order chi connectivity index (χ0) is 19.1. The average Bonchev–Trinajstić information content (AvgIpc) is 3.08. The maximum atomic E-state index is 12.2. The molecule has 3 rings (SSSR count). The molecule has 1 aliphatic carbocycles. The molecule has 7 nitrogen and oxygen atoms in total. The molecule has 2 aromatic rings. The van der Waals surface area contributed by atoms with Crippen LogP contribution >= 0.6 is 0 Å². The van der Waals surface area contributed by atoms with E-state index in [1.807, 2.05) is 4.57 Å². The smallest absolute Gasteiger partial charge is 0.165 e. The van der Waals surface area contributed by atoms with Crippen molar-refractivity contribution in [1.29, 1.82) is 0 Å². The number of nitrogens with two attached hydrogens (primary N) is 1. The minimum absolute atomic E-state index is 0.172. The minimum atomic E-state index is -0.290. The zero-order valence-electron chi connectivity index (χ0n) is 15.9. The molecular weight excluding hydrogens is 342 g/mol. The van der Waals surface area contributed by atoms with Gasteiger partial charge in [-0.05, 0) is 25.7 Å². The molecule has 0 bridgehead atoms. The second-order valence-corrected chi connectivity index (χ2v) is 7.47. The van der Waals surface area contributed by atoms with Crippen LogP contribution < -0.4 is 5.73 Å². The van der Waals surface area contributed by atoms with Gasteiger partial charge in [0, 0.05) is 19.4 Å². The highest BCUT2D eigenvalue weighted by Crippen LogP contribution is 2.23. The van der Waals surface area contributed by atoms with Gasteiger partial charge in [-0.15, -0.1) is 0 Å². The molecule has 2 aromatic heterocycles. The summed E-state index contributed by atoms with van der Waals surface area (Å²) in [6, 6.07) is 0. The molecular formula is C20H29N5O2. The van der Waals surface area contributed by atoms with Crippen molar-refractivity contribution in [3.05, 3.63) is 12.7 Å². The van der Waals surface area contributed by atoms with Crippen LogP contribution in [0.15, 0.2) is 12.7 Å². The summed E-state index contributed by atoms with van der Waals surface area (Å²) >= 11 is 0. The Labute approximate surface area is 159 Å². The number of nitrogen functional groups attached to an aromatic ring is 1. The topological polar surface area (TPSA) is 104 Å². The number of rotatable bonds is 10. The van der Waals surface area contributed by atoms with Crippen LogP contribution in [-0.2, 0) is 16.1 Å². The molecule has 27 heavy (non-hydrogen) atoms. The van der Waals surface area contributed by atoms with E-state index in [-0.39, 0.29) is 17.5 Å². The first-order valence-corrected chi connectivity index (χ1v) is 10.1. The quantitative estimate of drug-likeness (QED) is 0.506. The van der Waals surface area contributed by atoms with E-state index in [9.17, 15) is 9.59 Å². The Balaban J connectivity index is 1.27. The van der Waals surface area contributed by atoms with Crippen LogP contribution in [0.3, 0.4) is 0 Å². The lowest BCUT2D eigenvalue weighted by atomic mass is 9.83. The largest absolute Gasteiger partial charge is 0.382 e. The fourth-order valence-corrected chi connectivity index (χ4v) is 3.85. The van der Waals surface area contributed by atoms with Crippen molar-refractivity contribution in [2.45, 2.75) is 77.2 Å². The third-order valence-electron chi connectivity index (χ3n) is 5.45. The van der Waals surface area contributed by atoms with Crippen molar-refractivity contribution in [3.8, 4) is 0 Å². The Morgan fingerprint density at radius 2 is 1.85 bits per heavy atom. The van der Waals surface area contributed by atoms with E-state index in [4.69, 9.17) is 5.73 Å². The first-order valence-electron chi connectivity index (χ1n) is 10.1. The molecule has 2 N–H and O–H groups in total. The second-order valence-electron chi connectivity index (χ2n) is 7.47. The summed E-state index contributed by atoms with van der Waals surface area (Å²) in [5.41, 5.74) is 7.25. The molecule has 1 aliphatic rings. The number of Topliss-reactive ketones (excluding diaryl/α,β-unsaturated/α-hetero) is 2. The summed E-state index contributed by atoms with van der Waals surface area (Å²) in [4.78, 5) is 36.4. The van der Waals surface area contributed by atoms with Crippen molar-refractivity contribution in [3.63, 3.8) is 0 Å². The zero-order valence-corrected chi connectivity index (χ0v) is 15.9. The van der Waals surface area contributed by atoms with E-state index < -0.39 is 0 Å². The van der Waals surface area contributed by atoms with Gasteiger partial charge in [0.1, 0.15) is 23.4 Å². The number of unbranched alkanes of at least 4 members (excludes halogenated alkanes) is 5. The number of hydrogen-bond acceptors (Lipinski definition) is 6. The van der Waals surface area contributed by atoms with Crippen molar-refractivity contribution in [2.75, 3.05) is 5.73 Å². The van der Waals surface area contributed by atoms with Crippen LogP contribution in [-0.4, -0.2) is 31.1 Å². The Bertz CT molecular complexity index is 786. The molecule has 0 saturated heterocycles. The van der Waals surface area contributed by atoms with Crippen molar-refractivity contribution in [1.82, 2.24) is 19.5 Å². The third kappa shape index (κ3) is 5.11. The van der Waals surface area contributed by atoms with Crippen molar-refractivity contribution >= 4 is 28.5 Å². The number of aromatic nitrogens is 4. The highest BCUT2D eigenvalue weighted by Gasteiger charge is 2.27. The summed E-state index contributed by atoms with van der Waals surface area (Å²) < 4.78 is 2.02. The molecule has 2 heterocycles. The molecule has 1 unspecified atom stereocenters. The molecule has 1 fully saturated rings. The van der Waals surface area contributed by atoms with E-state index in [1.54, 1.807) is 6.33 Å². The highest BCUT2D eigenvalue weighted by molar-refractivity contribution is 6.02. The summed E-state index contributed by atoms with van der Waals surface area (Å²) in [5, 5.41) is 0. The summed E-state index contributed by atoms with van der Waals surface area (Å²) in [7, 11) is 0. The first-order chi connectivity index (χ1) is 13.2. The van der Waals surface area contributed by atoms with Gasteiger partial charge in [0.2, 0.25) is 0 Å². The molecule has 7 heteroatoms. The fourth-order valence-electron chi connectivity index (χ4n) is 3.85. The van der Waals surface area contributed by atoms with E-state index in [0.717, 1.165) is 70.0 Å². The van der Waals surface area contributed by atoms with Gasteiger partial charge in [-0.1, -0.05) is 32.1 Å². The Hall–Kier alpha value is -2.31.